The van der Waals surface area contributed by atoms with E-state index in [0.717, 1.165) is 21.9 Å². The van der Waals surface area contributed by atoms with Gasteiger partial charge in [-0.05, 0) is 24.1 Å². The van der Waals surface area contributed by atoms with Gasteiger partial charge in [-0.2, -0.15) is 0 Å². The average Bonchev–Trinajstić information content (AvgIpc) is 2.85. The van der Waals surface area contributed by atoms with E-state index in [1.807, 2.05) is 36.4 Å². The summed E-state index contributed by atoms with van der Waals surface area (Å²) in [5.74, 6) is 0.000674. The third-order valence-electron chi connectivity index (χ3n) is 2.93. The van der Waals surface area contributed by atoms with Crippen molar-refractivity contribution in [3.8, 4) is 0 Å². The first-order valence-electron chi connectivity index (χ1n) is 6.44. The van der Waals surface area contributed by atoms with E-state index >= 15 is 0 Å². The Kier molecular flexibility index (Phi) is 5.73. The molecule has 3 nitrogen and oxygen atoms in total. The van der Waals surface area contributed by atoms with Crippen LogP contribution in [0.2, 0.25) is 4.34 Å². The number of thiophene rings is 1. The number of amides is 1. The van der Waals surface area contributed by atoms with Gasteiger partial charge in [0.15, 0.2) is 0 Å². The number of hydrogen-bond acceptors (Lipinski definition) is 3. The molecule has 0 spiro atoms. The highest BCUT2D eigenvalue weighted by Gasteiger charge is 2.04. The molecule has 0 unspecified atom stereocenters. The zero-order valence-corrected chi connectivity index (χ0v) is 13.7. The van der Waals surface area contributed by atoms with Gasteiger partial charge in [0.2, 0.25) is 5.91 Å². The monoisotopic (exact) mass is 338 g/mol. The molecule has 0 saturated heterocycles. The van der Waals surface area contributed by atoms with E-state index in [2.05, 4.69) is 5.32 Å². The van der Waals surface area contributed by atoms with Gasteiger partial charge in [-0.1, -0.05) is 48.1 Å². The summed E-state index contributed by atoms with van der Waals surface area (Å²) in [4.78, 5) is 13.4. The van der Waals surface area contributed by atoms with Crippen molar-refractivity contribution >= 4 is 46.1 Å². The number of thiocarbonyl (C=S) groups is 1. The lowest BCUT2D eigenvalue weighted by molar-refractivity contribution is -0.120. The summed E-state index contributed by atoms with van der Waals surface area (Å²) in [6.07, 6.45) is 1.15. The van der Waals surface area contributed by atoms with Crippen molar-refractivity contribution in [1.29, 1.82) is 0 Å². The van der Waals surface area contributed by atoms with Crippen LogP contribution in [0.3, 0.4) is 0 Å². The first kappa shape index (κ1) is 15.9. The molecular formula is C15H15ClN2OS2. The molecule has 2 aromatic rings. The Balaban J connectivity index is 1.77. The van der Waals surface area contributed by atoms with Gasteiger partial charge in [-0.15, -0.1) is 11.3 Å². The summed E-state index contributed by atoms with van der Waals surface area (Å²) in [6.45, 7) is 0.612. The minimum absolute atomic E-state index is 0.000674. The fraction of sp³-hybridized carbons (Fsp3) is 0.200. The van der Waals surface area contributed by atoms with Crippen LogP contribution in [0.25, 0.3) is 0 Å². The smallest absolute Gasteiger partial charge is 0.224 e. The predicted octanol–water partition coefficient (Wildman–Crippen LogP) is 2.94. The average molecular weight is 339 g/mol. The molecule has 2 rings (SSSR count). The maximum atomic E-state index is 11.8. The van der Waals surface area contributed by atoms with Crippen LogP contribution in [0.1, 0.15) is 16.0 Å². The minimum Gasteiger partial charge on any atom is -0.389 e. The van der Waals surface area contributed by atoms with E-state index in [1.54, 1.807) is 0 Å². The molecule has 1 aromatic heterocycles. The van der Waals surface area contributed by atoms with E-state index in [0.29, 0.717) is 18.0 Å². The molecular weight excluding hydrogens is 324 g/mol. The molecule has 0 aliphatic heterocycles. The number of halogens is 1. The van der Waals surface area contributed by atoms with Gasteiger partial charge in [-0.3, -0.25) is 4.79 Å². The Bertz CT molecular complexity index is 637. The van der Waals surface area contributed by atoms with Gasteiger partial charge in [0.25, 0.3) is 0 Å². The highest BCUT2D eigenvalue weighted by molar-refractivity contribution is 7.80. The fourth-order valence-electron chi connectivity index (χ4n) is 1.85. The van der Waals surface area contributed by atoms with Crippen LogP contribution in [0, 0.1) is 0 Å². The summed E-state index contributed by atoms with van der Waals surface area (Å²) in [5.41, 5.74) is 7.28. The van der Waals surface area contributed by atoms with E-state index in [4.69, 9.17) is 29.6 Å². The predicted molar refractivity (Wildman–Crippen MR) is 92.1 cm³/mol. The van der Waals surface area contributed by atoms with Crippen molar-refractivity contribution in [1.82, 2.24) is 5.32 Å². The molecule has 1 aromatic carbocycles. The van der Waals surface area contributed by atoms with Crippen LogP contribution in [0.5, 0.6) is 0 Å². The van der Waals surface area contributed by atoms with Gasteiger partial charge in [0.05, 0.1) is 10.8 Å². The molecule has 0 fully saturated rings. The summed E-state index contributed by atoms with van der Waals surface area (Å²) in [5, 5.41) is 2.90. The fourth-order valence-corrected chi connectivity index (χ4v) is 3.07. The lowest BCUT2D eigenvalue weighted by Crippen LogP contribution is -2.27. The molecule has 0 aliphatic rings. The second kappa shape index (κ2) is 7.54. The number of nitrogens with one attached hydrogen (secondary N) is 1. The zero-order valence-electron chi connectivity index (χ0n) is 11.3. The number of benzene rings is 1. The quantitative estimate of drug-likeness (QED) is 0.796. The Hall–Kier alpha value is -1.43. The Morgan fingerprint density at radius 1 is 1.24 bits per heavy atom. The first-order chi connectivity index (χ1) is 10.0. The third kappa shape index (κ3) is 5.12. The standard InChI is InChI=1S/C15H15ClN2OS2/c16-13-6-5-12(21-13)7-8-18-14(19)9-10-1-3-11(4-2-10)15(17)20/h1-6H,7-9H2,(H2,17,20)(H,18,19). The summed E-state index contributed by atoms with van der Waals surface area (Å²) in [6, 6.07) is 11.2. The van der Waals surface area contributed by atoms with E-state index in [1.165, 1.54) is 16.2 Å². The van der Waals surface area contributed by atoms with Crippen molar-refractivity contribution in [2.24, 2.45) is 5.73 Å². The van der Waals surface area contributed by atoms with Crippen molar-refractivity contribution in [3.05, 3.63) is 56.7 Å². The van der Waals surface area contributed by atoms with Crippen LogP contribution < -0.4 is 11.1 Å². The molecule has 0 aliphatic carbocycles. The first-order valence-corrected chi connectivity index (χ1v) is 8.04. The largest absolute Gasteiger partial charge is 0.389 e. The van der Waals surface area contributed by atoms with Crippen molar-refractivity contribution in [2.75, 3.05) is 6.54 Å². The lowest BCUT2D eigenvalue weighted by Gasteiger charge is -2.05. The van der Waals surface area contributed by atoms with Gasteiger partial charge >= 0.3 is 0 Å². The molecule has 110 valence electrons. The van der Waals surface area contributed by atoms with Crippen LogP contribution in [0.15, 0.2) is 36.4 Å². The molecule has 1 amide bonds. The number of nitrogens with two attached hydrogens (primary N) is 1. The Morgan fingerprint density at radius 3 is 2.52 bits per heavy atom. The molecule has 0 bridgehead atoms. The Labute approximate surface area is 138 Å². The van der Waals surface area contributed by atoms with Crippen molar-refractivity contribution in [3.63, 3.8) is 0 Å². The molecule has 3 N–H and O–H groups in total. The van der Waals surface area contributed by atoms with Crippen LogP contribution in [-0.2, 0) is 17.6 Å². The van der Waals surface area contributed by atoms with Gasteiger partial charge in [0.1, 0.15) is 4.99 Å². The highest BCUT2D eigenvalue weighted by atomic mass is 35.5. The maximum absolute atomic E-state index is 11.8. The minimum atomic E-state index is 0.000674. The van der Waals surface area contributed by atoms with E-state index in [-0.39, 0.29) is 5.91 Å². The van der Waals surface area contributed by atoms with Crippen LogP contribution in [-0.4, -0.2) is 17.4 Å². The van der Waals surface area contributed by atoms with Gasteiger partial charge in [-0.25, -0.2) is 0 Å². The van der Waals surface area contributed by atoms with E-state index in [9.17, 15) is 4.79 Å². The highest BCUT2D eigenvalue weighted by Crippen LogP contribution is 2.21. The number of hydrogen-bond donors (Lipinski definition) is 2. The lowest BCUT2D eigenvalue weighted by atomic mass is 10.1. The summed E-state index contributed by atoms with van der Waals surface area (Å²) in [7, 11) is 0. The molecule has 0 radical (unpaired) electrons. The topological polar surface area (TPSA) is 55.1 Å². The van der Waals surface area contributed by atoms with Gasteiger partial charge < -0.3 is 11.1 Å². The SMILES string of the molecule is NC(=S)c1ccc(CC(=O)NCCc2ccc(Cl)s2)cc1. The molecule has 1 heterocycles. The van der Waals surface area contributed by atoms with Gasteiger partial charge in [0, 0.05) is 17.0 Å². The summed E-state index contributed by atoms with van der Waals surface area (Å²) < 4.78 is 0.772. The second-order valence-electron chi connectivity index (χ2n) is 4.54. The van der Waals surface area contributed by atoms with E-state index < -0.39 is 0 Å². The normalized spacial score (nSPS) is 10.3. The van der Waals surface area contributed by atoms with Crippen LogP contribution >= 0.6 is 35.2 Å². The van der Waals surface area contributed by atoms with Crippen LogP contribution in [0.4, 0.5) is 0 Å². The number of carbonyl (C=O) groups excluding carboxylic acids is 1. The molecule has 21 heavy (non-hydrogen) atoms. The second-order valence-corrected chi connectivity index (χ2v) is 6.78. The maximum Gasteiger partial charge on any atom is 0.224 e. The zero-order chi connectivity index (χ0) is 15.2. The summed E-state index contributed by atoms with van der Waals surface area (Å²) >= 11 is 12.3. The van der Waals surface area contributed by atoms with Crippen molar-refractivity contribution < 1.29 is 4.79 Å². The number of carbonyl (C=O) groups is 1. The molecule has 6 heteroatoms. The third-order valence-corrected chi connectivity index (χ3v) is 4.45. The van der Waals surface area contributed by atoms with Crippen molar-refractivity contribution in [2.45, 2.75) is 12.8 Å². The Morgan fingerprint density at radius 2 is 1.95 bits per heavy atom. The number of rotatable bonds is 6. The molecule has 0 atom stereocenters. The molecule has 0 saturated carbocycles.